The summed E-state index contributed by atoms with van der Waals surface area (Å²) in [4.78, 5) is 16.8. The summed E-state index contributed by atoms with van der Waals surface area (Å²) in [5.41, 5.74) is 3.84. The number of fused-ring (bicyclic) bond motifs is 3. The molecule has 0 saturated carbocycles. The van der Waals surface area contributed by atoms with Gasteiger partial charge in [-0.2, -0.15) is 0 Å². The molecule has 23 heavy (non-hydrogen) atoms. The van der Waals surface area contributed by atoms with E-state index in [0.717, 1.165) is 19.3 Å². The zero-order valence-electron chi connectivity index (χ0n) is 13.0. The fraction of sp³-hybridized carbons (Fsp3) is 0.333. The largest absolute Gasteiger partial charge is 0.332 e. The van der Waals surface area contributed by atoms with Crippen LogP contribution in [0.15, 0.2) is 36.7 Å². The van der Waals surface area contributed by atoms with Crippen LogP contribution in [0.5, 0.6) is 0 Å². The van der Waals surface area contributed by atoms with Crippen molar-refractivity contribution in [2.24, 2.45) is 7.05 Å². The van der Waals surface area contributed by atoms with Crippen LogP contribution in [0.1, 0.15) is 47.1 Å². The van der Waals surface area contributed by atoms with Crippen molar-refractivity contribution >= 4 is 32.8 Å². The van der Waals surface area contributed by atoms with Gasteiger partial charge < -0.3 is 4.57 Å². The number of benzene rings is 1. The van der Waals surface area contributed by atoms with Crippen molar-refractivity contribution in [3.8, 4) is 0 Å². The molecule has 2 heterocycles. The number of para-hydroxylation sites is 1. The summed E-state index contributed by atoms with van der Waals surface area (Å²) in [6.45, 7) is 0. The van der Waals surface area contributed by atoms with Gasteiger partial charge in [0.2, 0.25) is 0 Å². The molecule has 0 N–H and O–H groups in total. The Kier molecular flexibility index (Phi) is 3.60. The first-order valence-electron chi connectivity index (χ1n) is 7.95. The first-order chi connectivity index (χ1) is 11.2. The summed E-state index contributed by atoms with van der Waals surface area (Å²) in [6.07, 6.45) is 7.28. The van der Waals surface area contributed by atoms with Gasteiger partial charge in [-0.3, -0.25) is 8.39 Å². The average Bonchev–Trinajstić information content (AvgIpc) is 3.11. The highest BCUT2D eigenvalue weighted by atomic mass is 79.9. The maximum absolute atomic E-state index is 12.6. The standard InChI is InChI=1S/C18H18BrN3O/c1-21-10-9-20-18(21)16(23)11-12-5-4-7-14-13-6-2-3-8-15(13)22(19)17(12)14/h2-3,6,8-10,12H,4-5,7,11H2,1H3/t12-/m0/s1. The molecular weight excluding hydrogens is 354 g/mol. The SMILES string of the molecule is Cn1ccnc1C(=O)C[C@@H]1CCCc2c1n(Br)c1ccccc21. The molecule has 0 bridgehead atoms. The lowest BCUT2D eigenvalue weighted by Crippen LogP contribution is -2.17. The second kappa shape index (κ2) is 5.64. The summed E-state index contributed by atoms with van der Waals surface area (Å²) >= 11 is 3.72. The third-order valence-electron chi connectivity index (χ3n) is 4.83. The van der Waals surface area contributed by atoms with Gasteiger partial charge in [0.1, 0.15) is 0 Å². The van der Waals surface area contributed by atoms with E-state index >= 15 is 0 Å². The van der Waals surface area contributed by atoms with E-state index in [1.807, 2.05) is 13.2 Å². The second-order valence-electron chi connectivity index (χ2n) is 6.24. The third kappa shape index (κ3) is 2.34. The number of halogens is 1. The smallest absolute Gasteiger partial charge is 0.198 e. The van der Waals surface area contributed by atoms with Crippen molar-refractivity contribution in [1.29, 1.82) is 0 Å². The monoisotopic (exact) mass is 371 g/mol. The minimum absolute atomic E-state index is 0.119. The number of Topliss-reactive ketones (excluding diaryl/α,β-unsaturated/α-hetero) is 1. The Labute approximate surface area is 143 Å². The van der Waals surface area contributed by atoms with Crippen LogP contribution in [-0.2, 0) is 13.5 Å². The predicted octanol–water partition coefficient (Wildman–Crippen LogP) is 4.23. The molecule has 0 saturated heterocycles. The minimum atomic E-state index is 0.119. The second-order valence-corrected chi connectivity index (χ2v) is 6.95. The van der Waals surface area contributed by atoms with Crippen LogP contribution in [0.4, 0.5) is 0 Å². The lowest BCUT2D eigenvalue weighted by molar-refractivity contribution is 0.0957. The Bertz CT molecular complexity index is 893. The number of carbonyl (C=O) groups excluding carboxylic acids is 1. The molecule has 4 nitrogen and oxygen atoms in total. The molecule has 1 atom stereocenters. The van der Waals surface area contributed by atoms with Crippen LogP contribution in [0.25, 0.3) is 10.9 Å². The van der Waals surface area contributed by atoms with Gasteiger partial charge in [-0.15, -0.1) is 0 Å². The van der Waals surface area contributed by atoms with Crippen LogP contribution < -0.4 is 0 Å². The lowest BCUT2D eigenvalue weighted by Gasteiger charge is -2.23. The number of imidazole rings is 1. The molecule has 0 radical (unpaired) electrons. The van der Waals surface area contributed by atoms with E-state index in [4.69, 9.17) is 0 Å². The molecule has 2 aromatic heterocycles. The molecule has 118 valence electrons. The first kappa shape index (κ1) is 14.7. The number of aromatic nitrogens is 3. The zero-order chi connectivity index (χ0) is 16.0. The van der Waals surface area contributed by atoms with E-state index in [0.29, 0.717) is 12.2 Å². The van der Waals surface area contributed by atoms with E-state index in [9.17, 15) is 4.79 Å². The molecule has 3 aromatic rings. The summed E-state index contributed by atoms with van der Waals surface area (Å²) in [5.74, 6) is 0.914. The van der Waals surface area contributed by atoms with E-state index in [1.54, 1.807) is 10.8 Å². The maximum atomic E-state index is 12.6. The zero-order valence-corrected chi connectivity index (χ0v) is 14.6. The van der Waals surface area contributed by atoms with E-state index in [2.05, 4.69) is 49.0 Å². The van der Waals surface area contributed by atoms with Crippen LogP contribution in [-0.4, -0.2) is 18.9 Å². The highest BCUT2D eigenvalue weighted by Gasteiger charge is 2.29. The maximum Gasteiger partial charge on any atom is 0.198 e. The number of aryl methyl sites for hydroxylation is 2. The van der Waals surface area contributed by atoms with E-state index < -0.39 is 0 Å². The molecule has 1 aliphatic carbocycles. The van der Waals surface area contributed by atoms with Crippen molar-refractivity contribution in [2.45, 2.75) is 31.6 Å². The predicted molar refractivity (Wildman–Crippen MR) is 94.1 cm³/mol. The van der Waals surface area contributed by atoms with Gasteiger partial charge in [-0.05, 0) is 30.9 Å². The van der Waals surface area contributed by atoms with Crippen molar-refractivity contribution < 1.29 is 4.79 Å². The van der Waals surface area contributed by atoms with Crippen molar-refractivity contribution in [2.75, 3.05) is 0 Å². The number of nitrogens with zero attached hydrogens (tertiary/aromatic N) is 3. The average molecular weight is 372 g/mol. The summed E-state index contributed by atoms with van der Waals surface area (Å²) in [7, 11) is 1.87. The number of rotatable bonds is 3. The quantitative estimate of drug-likeness (QED) is 0.646. The number of carbonyl (C=O) groups is 1. The Morgan fingerprint density at radius 2 is 2.22 bits per heavy atom. The summed E-state index contributed by atoms with van der Waals surface area (Å²) in [6, 6.07) is 8.44. The van der Waals surface area contributed by atoms with Gasteiger partial charge in [0.15, 0.2) is 11.6 Å². The lowest BCUT2D eigenvalue weighted by atomic mass is 9.84. The van der Waals surface area contributed by atoms with Gasteiger partial charge >= 0.3 is 0 Å². The van der Waals surface area contributed by atoms with Gasteiger partial charge in [0.05, 0.1) is 21.7 Å². The fourth-order valence-electron chi connectivity index (χ4n) is 3.77. The summed E-state index contributed by atoms with van der Waals surface area (Å²) < 4.78 is 3.91. The van der Waals surface area contributed by atoms with Crippen LogP contribution in [0.2, 0.25) is 0 Å². The van der Waals surface area contributed by atoms with Gasteiger partial charge in [-0.25, -0.2) is 4.98 Å². The Hall–Kier alpha value is -1.88. The third-order valence-corrected chi connectivity index (χ3v) is 5.59. The molecule has 0 spiro atoms. The van der Waals surface area contributed by atoms with Crippen molar-refractivity contribution in [3.63, 3.8) is 0 Å². The van der Waals surface area contributed by atoms with Crippen molar-refractivity contribution in [1.82, 2.24) is 13.1 Å². The minimum Gasteiger partial charge on any atom is -0.332 e. The van der Waals surface area contributed by atoms with Gasteiger partial charge in [-0.1, -0.05) is 18.2 Å². The Morgan fingerprint density at radius 3 is 3.00 bits per heavy atom. The van der Waals surface area contributed by atoms with E-state index in [-0.39, 0.29) is 11.7 Å². The Morgan fingerprint density at radius 1 is 1.39 bits per heavy atom. The first-order valence-corrected chi connectivity index (χ1v) is 8.66. The molecule has 1 aliphatic rings. The molecule has 1 aromatic carbocycles. The van der Waals surface area contributed by atoms with Crippen LogP contribution in [0, 0.1) is 0 Å². The topological polar surface area (TPSA) is 39.8 Å². The van der Waals surface area contributed by atoms with Gasteiger partial charge in [0, 0.05) is 42.9 Å². The molecule has 0 amide bonds. The van der Waals surface area contributed by atoms with E-state index in [1.165, 1.54) is 22.2 Å². The van der Waals surface area contributed by atoms with Gasteiger partial charge in [0.25, 0.3) is 0 Å². The molecule has 4 rings (SSSR count). The molecule has 0 unspecified atom stereocenters. The van der Waals surface area contributed by atoms with Crippen molar-refractivity contribution in [3.05, 3.63) is 53.7 Å². The number of ketones is 1. The van der Waals surface area contributed by atoms with Crippen LogP contribution in [0.3, 0.4) is 0 Å². The highest BCUT2D eigenvalue weighted by Crippen LogP contribution is 2.41. The Balaban J connectivity index is 1.73. The summed E-state index contributed by atoms with van der Waals surface area (Å²) in [5, 5.41) is 1.30. The molecular formula is C18H18BrN3O. The number of hydrogen-bond donors (Lipinski definition) is 0. The fourth-order valence-corrected chi connectivity index (χ4v) is 4.58. The molecule has 0 aliphatic heterocycles. The normalized spacial score (nSPS) is 17.4. The van der Waals surface area contributed by atoms with Crippen LogP contribution >= 0.6 is 16.1 Å². The molecule has 5 heteroatoms. The number of hydrogen-bond acceptors (Lipinski definition) is 2. The highest BCUT2D eigenvalue weighted by molar-refractivity contribution is 9.08. The molecule has 0 fully saturated rings.